The van der Waals surface area contributed by atoms with E-state index in [2.05, 4.69) is 37.4 Å². The maximum atomic E-state index is 7.94. The molecule has 2 nitrogen and oxygen atoms in total. The van der Waals surface area contributed by atoms with E-state index in [1.54, 1.807) is 0 Å². The normalized spacial score (nSPS) is 58.9. The van der Waals surface area contributed by atoms with Gasteiger partial charge in [-0.2, -0.15) is 0 Å². The van der Waals surface area contributed by atoms with E-state index in [4.69, 9.17) is 13.1 Å². The first-order chi connectivity index (χ1) is 11.4. The van der Waals surface area contributed by atoms with Gasteiger partial charge in [0.1, 0.15) is 0 Å². The van der Waals surface area contributed by atoms with Crippen molar-refractivity contribution in [2.75, 3.05) is 0 Å². The summed E-state index contributed by atoms with van der Waals surface area (Å²) in [4.78, 5) is 8.40. The van der Waals surface area contributed by atoms with Gasteiger partial charge in [-0.05, 0) is 61.7 Å². The molecule has 0 heterocycles. The van der Waals surface area contributed by atoms with Gasteiger partial charge < -0.3 is 9.69 Å². The molecular formula is C22H32N2. The predicted molar refractivity (Wildman–Crippen MR) is 97.0 cm³/mol. The van der Waals surface area contributed by atoms with E-state index in [-0.39, 0.29) is 11.1 Å². The molecule has 1 unspecified atom stereocenters. The van der Waals surface area contributed by atoms with Crippen molar-refractivity contribution < 1.29 is 0 Å². The Balaban J connectivity index is 1.79. The fraction of sp³-hybridized carbons (Fsp3) is 0.909. The molecule has 0 saturated heterocycles. The average molecular weight is 325 g/mol. The lowest BCUT2D eigenvalue weighted by Gasteiger charge is -2.62. The molecule has 4 aliphatic rings. The van der Waals surface area contributed by atoms with Gasteiger partial charge in [-0.1, -0.05) is 13.8 Å². The van der Waals surface area contributed by atoms with Gasteiger partial charge in [0, 0.05) is 38.0 Å². The molecule has 0 aromatic rings. The summed E-state index contributed by atoms with van der Waals surface area (Å²) in [6.07, 6.45) is 7.36. The molecule has 2 heteroatoms. The van der Waals surface area contributed by atoms with Crippen molar-refractivity contribution in [1.29, 1.82) is 0 Å². The van der Waals surface area contributed by atoms with Crippen molar-refractivity contribution in [1.82, 2.24) is 0 Å². The Bertz CT molecular complexity index is 612. The molecule has 4 aliphatic carbocycles. The second-order valence-electron chi connectivity index (χ2n) is 10.1. The van der Waals surface area contributed by atoms with E-state index >= 15 is 0 Å². The van der Waals surface area contributed by atoms with Crippen molar-refractivity contribution in [2.45, 2.75) is 77.3 Å². The molecule has 0 aromatic heterocycles. The van der Waals surface area contributed by atoms with Crippen LogP contribution in [0.3, 0.4) is 0 Å². The number of nitrogens with zero attached hydrogens (tertiary/aromatic N) is 2. The van der Waals surface area contributed by atoms with Crippen LogP contribution in [0.25, 0.3) is 9.69 Å². The topological polar surface area (TPSA) is 8.72 Å². The maximum Gasteiger partial charge on any atom is 0.235 e. The average Bonchev–Trinajstić information content (AvgIpc) is 2.58. The van der Waals surface area contributed by atoms with Crippen molar-refractivity contribution >= 4 is 0 Å². The Hall–Kier alpha value is -1.02. The fourth-order valence-corrected chi connectivity index (χ4v) is 7.87. The zero-order valence-electron chi connectivity index (χ0n) is 15.8. The van der Waals surface area contributed by atoms with Gasteiger partial charge in [-0.15, -0.1) is 0 Å². The van der Waals surface area contributed by atoms with Crippen molar-refractivity contribution in [3.05, 3.63) is 22.8 Å². The predicted octanol–water partition coefficient (Wildman–Crippen LogP) is 5.71. The van der Waals surface area contributed by atoms with Crippen LogP contribution in [0.5, 0.6) is 0 Å². The summed E-state index contributed by atoms with van der Waals surface area (Å²) in [6, 6.07) is 0. The third-order valence-corrected chi connectivity index (χ3v) is 9.29. The van der Waals surface area contributed by atoms with Crippen LogP contribution < -0.4 is 0 Å². The maximum absolute atomic E-state index is 7.94. The van der Waals surface area contributed by atoms with E-state index in [9.17, 15) is 0 Å². The third kappa shape index (κ3) is 1.92. The number of hydrogen-bond donors (Lipinski definition) is 0. The van der Waals surface area contributed by atoms with Gasteiger partial charge in [-0.25, -0.2) is 13.1 Å². The Morgan fingerprint density at radius 3 is 2.25 bits per heavy atom. The van der Waals surface area contributed by atoms with Crippen LogP contribution in [0.2, 0.25) is 0 Å². The van der Waals surface area contributed by atoms with Gasteiger partial charge in [0.15, 0.2) is 0 Å². The van der Waals surface area contributed by atoms with Crippen molar-refractivity contribution in [3.8, 4) is 0 Å². The minimum atomic E-state index is -0.163. The SMILES string of the molecule is [C-]#[N+][C@]1(C)[C@H](C)C[C@@H]2C[C@H](C)[C@H]3CC[C@](C)([N+]#[C-])C4CC[C@H]1[C@@H]2[C@@H]43. The van der Waals surface area contributed by atoms with Crippen LogP contribution in [-0.4, -0.2) is 11.1 Å². The quantitative estimate of drug-likeness (QED) is 0.505. The first-order valence-corrected chi connectivity index (χ1v) is 10.1. The van der Waals surface area contributed by atoms with Crippen LogP contribution in [0.4, 0.5) is 0 Å². The molecule has 0 bridgehead atoms. The molecule has 130 valence electrons. The monoisotopic (exact) mass is 324 g/mol. The molecule has 4 fully saturated rings. The Labute approximate surface area is 148 Å². The van der Waals surface area contributed by atoms with E-state index in [1.165, 1.54) is 32.1 Å². The molecule has 4 saturated carbocycles. The van der Waals surface area contributed by atoms with Gasteiger partial charge >= 0.3 is 0 Å². The molecule has 10 atom stereocenters. The Kier molecular flexibility index (Phi) is 3.59. The molecule has 24 heavy (non-hydrogen) atoms. The second-order valence-corrected chi connectivity index (χ2v) is 10.1. The van der Waals surface area contributed by atoms with Crippen LogP contribution in [0, 0.1) is 60.5 Å². The summed E-state index contributed by atoms with van der Waals surface area (Å²) in [5.41, 5.74) is -0.297. The highest BCUT2D eigenvalue weighted by Crippen LogP contribution is 2.66. The lowest BCUT2D eigenvalue weighted by Crippen LogP contribution is -2.62. The van der Waals surface area contributed by atoms with Gasteiger partial charge in [0.25, 0.3) is 0 Å². The zero-order chi connectivity index (χ0) is 17.3. The van der Waals surface area contributed by atoms with Gasteiger partial charge in [0.05, 0.1) is 0 Å². The third-order valence-electron chi connectivity index (χ3n) is 9.29. The zero-order valence-corrected chi connectivity index (χ0v) is 15.8. The summed E-state index contributed by atoms with van der Waals surface area (Å²) in [5.74, 6) is 5.58. The minimum Gasteiger partial charge on any atom is -0.310 e. The van der Waals surface area contributed by atoms with E-state index in [0.717, 1.165) is 36.0 Å². The summed E-state index contributed by atoms with van der Waals surface area (Å²) >= 11 is 0. The Morgan fingerprint density at radius 1 is 0.875 bits per heavy atom. The van der Waals surface area contributed by atoms with Crippen LogP contribution >= 0.6 is 0 Å². The smallest absolute Gasteiger partial charge is 0.235 e. The van der Waals surface area contributed by atoms with E-state index in [1.807, 2.05) is 0 Å². The summed E-state index contributed by atoms with van der Waals surface area (Å²) in [7, 11) is 0. The summed E-state index contributed by atoms with van der Waals surface area (Å²) in [5, 5.41) is 0. The highest BCUT2D eigenvalue weighted by molar-refractivity contribution is 5.19. The summed E-state index contributed by atoms with van der Waals surface area (Å²) in [6.45, 7) is 25.1. The first-order valence-electron chi connectivity index (χ1n) is 10.1. The van der Waals surface area contributed by atoms with E-state index < -0.39 is 0 Å². The molecule has 0 N–H and O–H groups in total. The Morgan fingerprint density at radius 2 is 1.58 bits per heavy atom. The van der Waals surface area contributed by atoms with Crippen LogP contribution in [0.1, 0.15) is 66.2 Å². The molecule has 0 aliphatic heterocycles. The highest BCUT2D eigenvalue weighted by Gasteiger charge is 2.67. The molecule has 0 aromatic carbocycles. The van der Waals surface area contributed by atoms with Gasteiger partial charge in [-0.3, -0.25) is 0 Å². The van der Waals surface area contributed by atoms with Crippen LogP contribution in [0.15, 0.2) is 0 Å². The molecule has 4 rings (SSSR count). The molecular weight excluding hydrogens is 292 g/mol. The number of rotatable bonds is 0. The fourth-order valence-electron chi connectivity index (χ4n) is 7.87. The number of hydrogen-bond acceptors (Lipinski definition) is 0. The largest absolute Gasteiger partial charge is 0.310 e. The van der Waals surface area contributed by atoms with Crippen LogP contribution in [-0.2, 0) is 0 Å². The van der Waals surface area contributed by atoms with Crippen molar-refractivity contribution in [3.63, 3.8) is 0 Å². The minimum absolute atomic E-state index is 0.134. The molecule has 0 amide bonds. The highest BCUT2D eigenvalue weighted by atomic mass is 14.9. The lowest BCUT2D eigenvalue weighted by molar-refractivity contribution is -0.138. The lowest BCUT2D eigenvalue weighted by atomic mass is 9.40. The summed E-state index contributed by atoms with van der Waals surface area (Å²) < 4.78 is 0. The standard InChI is InChI=1S/C22H32N2/c1-13-11-15-12-14(2)22(4,24-6)18-8-7-17-20(19(15)18)16(13)9-10-21(17,3)23-5/h13-20H,7-12H2,1-4H3/t13-,14+,15-,16+,17?,18-,19+,20+,21-,22+/m0/s1. The first kappa shape index (κ1) is 16.4. The second kappa shape index (κ2) is 5.24. The molecule has 0 spiro atoms. The van der Waals surface area contributed by atoms with Gasteiger partial charge in [0.2, 0.25) is 11.1 Å². The van der Waals surface area contributed by atoms with Crippen molar-refractivity contribution in [2.24, 2.45) is 47.3 Å². The van der Waals surface area contributed by atoms with E-state index in [0.29, 0.717) is 17.8 Å². The molecule has 0 radical (unpaired) electrons.